The van der Waals surface area contributed by atoms with Crippen LogP contribution in [-0.4, -0.2) is 20.1 Å². The molecule has 0 amide bonds. The lowest BCUT2D eigenvalue weighted by Gasteiger charge is -2.08. The Morgan fingerprint density at radius 2 is 2.00 bits per heavy atom. The Balaban J connectivity index is 3.27. The molecule has 4 N–H and O–H groups in total. The van der Waals surface area contributed by atoms with Crippen LogP contribution in [0.2, 0.25) is 0 Å². The lowest BCUT2D eigenvalue weighted by atomic mass is 10.1. The van der Waals surface area contributed by atoms with Gasteiger partial charge in [0.25, 0.3) is 5.84 Å². The molecule has 70 valence electrons. The molecule has 0 atom stereocenters. The van der Waals surface area contributed by atoms with E-state index in [4.69, 9.17) is 20.6 Å². The van der Waals surface area contributed by atoms with Gasteiger partial charge >= 0.3 is 0 Å². The van der Waals surface area contributed by atoms with Crippen molar-refractivity contribution in [1.29, 1.82) is 0 Å². The third-order valence-electron chi connectivity index (χ3n) is 1.71. The van der Waals surface area contributed by atoms with Gasteiger partial charge in [-0.25, -0.2) is 0 Å². The Morgan fingerprint density at radius 1 is 1.31 bits per heavy atom. The number of hydrogen-bond donors (Lipinski definition) is 2. The molecule has 0 saturated heterocycles. The summed E-state index contributed by atoms with van der Waals surface area (Å²) in [5.41, 5.74) is 6.13. The molecule has 4 nitrogen and oxygen atoms in total. The van der Waals surface area contributed by atoms with Gasteiger partial charge in [-0.15, -0.1) is 0 Å². The lowest BCUT2D eigenvalue weighted by Crippen LogP contribution is -2.46. The van der Waals surface area contributed by atoms with Crippen LogP contribution in [0.4, 0.5) is 0 Å². The molecule has 0 radical (unpaired) electrons. The second kappa shape index (κ2) is 3.80. The van der Waals surface area contributed by atoms with Gasteiger partial charge in [-0.3, -0.25) is 11.1 Å². The van der Waals surface area contributed by atoms with Crippen LogP contribution in [0.25, 0.3) is 0 Å². The van der Waals surface area contributed by atoms with Gasteiger partial charge in [0.15, 0.2) is 11.5 Å². The third kappa shape index (κ3) is 1.72. The number of amidine groups is 1. The summed E-state index contributed by atoms with van der Waals surface area (Å²) in [6.07, 6.45) is 0. The van der Waals surface area contributed by atoms with E-state index in [2.05, 4.69) is 0 Å². The molecule has 0 aliphatic carbocycles. The van der Waals surface area contributed by atoms with E-state index < -0.39 is 0 Å². The highest BCUT2D eigenvalue weighted by molar-refractivity contribution is 5.96. The third-order valence-corrected chi connectivity index (χ3v) is 1.71. The van der Waals surface area contributed by atoms with Crippen molar-refractivity contribution in [3.63, 3.8) is 0 Å². The molecule has 0 fully saturated rings. The first-order chi connectivity index (χ1) is 6.20. The smallest absolute Gasteiger partial charge is 0.274 e. The Labute approximate surface area is 76.8 Å². The van der Waals surface area contributed by atoms with Crippen LogP contribution >= 0.6 is 0 Å². The van der Waals surface area contributed by atoms with Crippen molar-refractivity contribution in [3.8, 4) is 11.5 Å². The van der Waals surface area contributed by atoms with E-state index >= 15 is 0 Å². The predicted octanol–water partition coefficient (Wildman–Crippen LogP) is -0.832. The van der Waals surface area contributed by atoms with E-state index in [9.17, 15) is 0 Å². The highest BCUT2D eigenvalue weighted by Crippen LogP contribution is 2.29. The summed E-state index contributed by atoms with van der Waals surface area (Å²) < 4.78 is 10.2. The van der Waals surface area contributed by atoms with Crippen molar-refractivity contribution in [3.05, 3.63) is 23.8 Å². The van der Waals surface area contributed by atoms with Crippen LogP contribution in [0.15, 0.2) is 18.2 Å². The maximum Gasteiger partial charge on any atom is 0.274 e. The molecule has 0 aliphatic heterocycles. The van der Waals surface area contributed by atoms with Crippen LogP contribution in [-0.2, 0) is 0 Å². The number of benzene rings is 1. The Hall–Kier alpha value is -1.71. The Morgan fingerprint density at radius 3 is 2.46 bits per heavy atom. The number of rotatable bonds is 3. The summed E-state index contributed by atoms with van der Waals surface area (Å²) in [5, 5.41) is 5.47. The van der Waals surface area contributed by atoms with Gasteiger partial charge in [0, 0.05) is 0 Å². The number of nitrogens with two attached hydrogens (primary N) is 2. The van der Waals surface area contributed by atoms with Crippen molar-refractivity contribution in [2.45, 2.75) is 0 Å². The van der Waals surface area contributed by atoms with Crippen molar-refractivity contribution in [2.75, 3.05) is 14.2 Å². The fourth-order valence-electron chi connectivity index (χ4n) is 1.11. The van der Waals surface area contributed by atoms with Crippen LogP contribution in [0.5, 0.6) is 11.5 Å². The van der Waals surface area contributed by atoms with Gasteiger partial charge in [-0.2, -0.15) is 0 Å². The molecule has 1 rings (SSSR count). The zero-order valence-corrected chi connectivity index (χ0v) is 7.70. The van der Waals surface area contributed by atoms with Gasteiger partial charge in [0.1, 0.15) is 5.56 Å². The van der Waals surface area contributed by atoms with Gasteiger partial charge in [0.2, 0.25) is 0 Å². The maximum atomic E-state index is 5.47. The van der Waals surface area contributed by atoms with E-state index in [1.165, 1.54) is 0 Å². The maximum absolute atomic E-state index is 5.47. The number of hydrogen-bond acceptors (Lipinski definition) is 2. The monoisotopic (exact) mass is 181 g/mol. The normalized spacial score (nSPS) is 9.38. The van der Waals surface area contributed by atoms with E-state index in [-0.39, 0.29) is 5.84 Å². The van der Waals surface area contributed by atoms with Gasteiger partial charge < -0.3 is 9.47 Å². The van der Waals surface area contributed by atoms with Gasteiger partial charge in [-0.1, -0.05) is 6.07 Å². The molecule has 0 bridgehead atoms. The van der Waals surface area contributed by atoms with E-state index in [0.29, 0.717) is 17.1 Å². The number of methoxy groups -OCH3 is 2. The molecular weight excluding hydrogens is 168 g/mol. The van der Waals surface area contributed by atoms with Gasteiger partial charge in [-0.05, 0) is 12.1 Å². The summed E-state index contributed by atoms with van der Waals surface area (Å²) >= 11 is 0. The molecular formula is C9H13N2O2+. The molecule has 0 heterocycles. The number of ether oxygens (including phenoxy) is 2. The molecule has 0 unspecified atom stereocenters. The fraction of sp³-hybridized carbons (Fsp3) is 0.222. The highest BCUT2D eigenvalue weighted by Gasteiger charge is 2.13. The summed E-state index contributed by atoms with van der Waals surface area (Å²) in [7, 11) is 3.11. The second-order valence-electron chi connectivity index (χ2n) is 2.50. The first-order valence-electron chi connectivity index (χ1n) is 3.80. The highest BCUT2D eigenvalue weighted by atomic mass is 16.5. The molecule has 1 aromatic rings. The topological polar surface area (TPSA) is 70.1 Å². The Bertz CT molecular complexity index is 323. The second-order valence-corrected chi connectivity index (χ2v) is 2.50. The SMILES string of the molecule is COc1cccc(C(N)=[NH2+])c1OC. The van der Waals surface area contributed by atoms with Crippen molar-refractivity contribution in [1.82, 2.24) is 0 Å². The quantitative estimate of drug-likeness (QED) is 0.472. The molecule has 4 heteroatoms. The average molecular weight is 181 g/mol. The van der Waals surface area contributed by atoms with E-state index in [1.807, 2.05) is 0 Å². The summed E-state index contributed by atoms with van der Waals surface area (Å²) in [5.74, 6) is 1.40. The zero-order valence-electron chi connectivity index (χ0n) is 7.70. The predicted molar refractivity (Wildman–Crippen MR) is 49.8 cm³/mol. The minimum Gasteiger partial charge on any atom is -0.493 e. The van der Waals surface area contributed by atoms with Crippen LogP contribution in [0, 0.1) is 0 Å². The zero-order chi connectivity index (χ0) is 9.84. The average Bonchev–Trinajstić information content (AvgIpc) is 2.16. The minimum absolute atomic E-state index is 0.218. The standard InChI is InChI=1S/C9H12N2O2/c1-12-7-5-3-4-6(9(10)11)8(7)13-2/h3-5H,1-2H3,(H3,10,11)/p+1. The summed E-state index contributed by atoms with van der Waals surface area (Å²) in [4.78, 5) is 0. The molecule has 1 aromatic carbocycles. The van der Waals surface area contributed by atoms with Crippen LogP contribution in [0.1, 0.15) is 5.56 Å². The molecule has 0 aromatic heterocycles. The summed E-state index contributed by atoms with van der Waals surface area (Å²) in [6.45, 7) is 0. The van der Waals surface area contributed by atoms with Crippen molar-refractivity contribution >= 4 is 5.84 Å². The summed E-state index contributed by atoms with van der Waals surface area (Å²) in [6, 6.07) is 5.36. The molecule has 0 aliphatic rings. The van der Waals surface area contributed by atoms with E-state index in [0.717, 1.165) is 0 Å². The van der Waals surface area contributed by atoms with Crippen LogP contribution in [0.3, 0.4) is 0 Å². The van der Waals surface area contributed by atoms with Crippen LogP contribution < -0.4 is 20.6 Å². The van der Waals surface area contributed by atoms with Gasteiger partial charge in [0.05, 0.1) is 14.2 Å². The fourth-order valence-corrected chi connectivity index (χ4v) is 1.11. The van der Waals surface area contributed by atoms with Crippen molar-refractivity contribution in [2.24, 2.45) is 5.73 Å². The minimum atomic E-state index is 0.218. The molecule has 0 spiro atoms. The molecule has 0 saturated carbocycles. The molecule has 13 heavy (non-hydrogen) atoms. The van der Waals surface area contributed by atoms with E-state index in [1.54, 1.807) is 32.4 Å². The first kappa shape index (κ1) is 9.38. The Kier molecular flexibility index (Phi) is 2.74. The number of para-hydroxylation sites is 1. The van der Waals surface area contributed by atoms with Crippen molar-refractivity contribution < 1.29 is 14.9 Å². The first-order valence-corrected chi connectivity index (χ1v) is 3.80. The lowest BCUT2D eigenvalue weighted by molar-refractivity contribution is -0.114. The largest absolute Gasteiger partial charge is 0.493 e.